The van der Waals surface area contributed by atoms with Gasteiger partial charge in [-0.05, 0) is 6.42 Å². The molecule has 15 heavy (non-hydrogen) atoms. The molecule has 0 aromatic rings. The maximum atomic E-state index is 11.2. The number of hydrogen-bond acceptors (Lipinski definition) is 5. The predicted molar refractivity (Wildman–Crippen MR) is 56.3 cm³/mol. The van der Waals surface area contributed by atoms with Crippen molar-refractivity contribution in [3.8, 4) is 0 Å². The fourth-order valence-electron chi connectivity index (χ4n) is 0.812. The predicted octanol–water partition coefficient (Wildman–Crippen LogP) is -0.921. The molecule has 0 spiro atoms. The Morgan fingerprint density at radius 3 is 2.80 bits per heavy atom. The van der Waals surface area contributed by atoms with Crippen molar-refractivity contribution >= 4 is 15.9 Å². The average Bonchev–Trinajstić information content (AvgIpc) is 2.21. The van der Waals surface area contributed by atoms with E-state index in [9.17, 15) is 8.42 Å². The molecular weight excluding hydrogens is 222 g/mol. The summed E-state index contributed by atoms with van der Waals surface area (Å²) in [5.74, 6) is 0.0265. The number of amidine groups is 1. The van der Waals surface area contributed by atoms with Crippen LogP contribution in [0.15, 0.2) is 5.16 Å². The second-order valence-corrected chi connectivity index (χ2v) is 4.83. The molecule has 0 saturated heterocycles. The van der Waals surface area contributed by atoms with Crippen LogP contribution < -0.4 is 10.5 Å². The van der Waals surface area contributed by atoms with E-state index >= 15 is 0 Å². The van der Waals surface area contributed by atoms with Crippen LogP contribution in [-0.2, 0) is 14.8 Å². The van der Waals surface area contributed by atoms with Crippen molar-refractivity contribution in [1.29, 1.82) is 0 Å². The Morgan fingerprint density at radius 2 is 2.27 bits per heavy atom. The first-order valence-electron chi connectivity index (χ1n) is 4.44. The highest BCUT2D eigenvalue weighted by molar-refractivity contribution is 7.89. The highest BCUT2D eigenvalue weighted by Crippen LogP contribution is 1.90. The minimum atomic E-state index is -3.27. The van der Waals surface area contributed by atoms with E-state index in [-0.39, 0.29) is 24.7 Å². The molecule has 0 saturated carbocycles. The monoisotopic (exact) mass is 239 g/mol. The fourth-order valence-corrected chi connectivity index (χ4v) is 1.80. The van der Waals surface area contributed by atoms with E-state index in [2.05, 4.69) is 14.6 Å². The summed E-state index contributed by atoms with van der Waals surface area (Å²) in [5.41, 5.74) is 5.21. The normalized spacial score (nSPS) is 13.0. The zero-order chi connectivity index (χ0) is 11.7. The highest BCUT2D eigenvalue weighted by Gasteiger charge is 2.08. The molecule has 0 rings (SSSR count). The SMILES string of the molecule is COCCS(=O)(=O)NCCCC(N)=NO. The molecule has 0 aliphatic carbocycles. The van der Waals surface area contributed by atoms with Crippen LogP contribution in [0.2, 0.25) is 0 Å². The molecule has 0 aliphatic rings. The van der Waals surface area contributed by atoms with E-state index in [0.717, 1.165) is 0 Å². The van der Waals surface area contributed by atoms with Gasteiger partial charge in [-0.15, -0.1) is 0 Å². The zero-order valence-corrected chi connectivity index (χ0v) is 9.46. The quantitative estimate of drug-likeness (QED) is 0.167. The van der Waals surface area contributed by atoms with Gasteiger partial charge >= 0.3 is 0 Å². The van der Waals surface area contributed by atoms with E-state index in [1.807, 2.05) is 0 Å². The van der Waals surface area contributed by atoms with Gasteiger partial charge in [-0.25, -0.2) is 13.1 Å². The Kier molecular flexibility index (Phi) is 7.01. The number of nitrogens with two attached hydrogens (primary N) is 1. The summed E-state index contributed by atoms with van der Waals surface area (Å²) in [4.78, 5) is 0. The van der Waals surface area contributed by atoms with E-state index in [1.54, 1.807) is 0 Å². The first-order chi connectivity index (χ1) is 7.02. The van der Waals surface area contributed by atoms with Crippen LogP contribution in [0.5, 0.6) is 0 Å². The fraction of sp³-hybridized carbons (Fsp3) is 0.857. The number of nitrogens with one attached hydrogen (secondary N) is 1. The van der Waals surface area contributed by atoms with Crippen LogP contribution in [0.3, 0.4) is 0 Å². The second-order valence-electron chi connectivity index (χ2n) is 2.90. The topological polar surface area (TPSA) is 114 Å². The third-order valence-corrected chi connectivity index (χ3v) is 2.96. The summed E-state index contributed by atoms with van der Waals surface area (Å²) in [6, 6.07) is 0. The van der Waals surface area contributed by atoms with Crippen molar-refractivity contribution in [1.82, 2.24) is 4.72 Å². The summed E-state index contributed by atoms with van der Waals surface area (Å²) in [6.07, 6.45) is 0.839. The van der Waals surface area contributed by atoms with Gasteiger partial charge in [0.05, 0.1) is 12.4 Å². The number of ether oxygens (including phenoxy) is 1. The number of methoxy groups -OCH3 is 1. The molecule has 0 bridgehead atoms. The van der Waals surface area contributed by atoms with Crippen LogP contribution in [0.25, 0.3) is 0 Å². The van der Waals surface area contributed by atoms with Crippen LogP contribution >= 0.6 is 0 Å². The Balaban J connectivity index is 3.67. The lowest BCUT2D eigenvalue weighted by Gasteiger charge is -2.05. The van der Waals surface area contributed by atoms with Crippen molar-refractivity contribution in [2.45, 2.75) is 12.8 Å². The van der Waals surface area contributed by atoms with E-state index < -0.39 is 10.0 Å². The molecule has 0 aromatic heterocycles. The lowest BCUT2D eigenvalue weighted by molar-refractivity contribution is 0.217. The third-order valence-electron chi connectivity index (χ3n) is 1.62. The van der Waals surface area contributed by atoms with Gasteiger partial charge in [0, 0.05) is 20.1 Å². The standard InChI is InChI=1S/C7H17N3O4S/c1-14-5-6-15(12,13)9-4-2-3-7(8)10-11/h9,11H,2-6H2,1H3,(H2,8,10). The molecule has 0 atom stereocenters. The van der Waals surface area contributed by atoms with Crippen molar-refractivity contribution in [2.75, 3.05) is 26.0 Å². The molecule has 0 fully saturated rings. The first kappa shape index (κ1) is 14.1. The van der Waals surface area contributed by atoms with Gasteiger partial charge in [-0.1, -0.05) is 5.16 Å². The minimum Gasteiger partial charge on any atom is -0.409 e. The summed E-state index contributed by atoms with van der Waals surface area (Å²) in [6.45, 7) is 0.428. The minimum absolute atomic E-state index is 0.0624. The van der Waals surface area contributed by atoms with Gasteiger partial charge in [0.1, 0.15) is 5.84 Å². The summed E-state index contributed by atoms with van der Waals surface area (Å²) in [5, 5.41) is 11.0. The van der Waals surface area contributed by atoms with E-state index in [0.29, 0.717) is 12.8 Å². The molecule has 0 aliphatic heterocycles. The average molecular weight is 239 g/mol. The van der Waals surface area contributed by atoms with Crippen molar-refractivity contribution in [2.24, 2.45) is 10.9 Å². The summed E-state index contributed by atoms with van der Waals surface area (Å²) in [7, 11) is -1.83. The highest BCUT2D eigenvalue weighted by atomic mass is 32.2. The smallest absolute Gasteiger partial charge is 0.213 e. The lowest BCUT2D eigenvalue weighted by Crippen LogP contribution is -2.29. The van der Waals surface area contributed by atoms with Crippen molar-refractivity contribution in [3.63, 3.8) is 0 Å². The number of oxime groups is 1. The molecule has 0 heterocycles. The van der Waals surface area contributed by atoms with Crippen LogP contribution in [0, 0.1) is 0 Å². The van der Waals surface area contributed by atoms with Gasteiger partial charge in [-0.2, -0.15) is 0 Å². The summed E-state index contributed by atoms with van der Waals surface area (Å²) >= 11 is 0. The van der Waals surface area contributed by atoms with Gasteiger partial charge in [0.15, 0.2) is 0 Å². The molecule has 90 valence electrons. The lowest BCUT2D eigenvalue weighted by atomic mass is 10.3. The number of rotatable bonds is 8. The van der Waals surface area contributed by atoms with Gasteiger partial charge < -0.3 is 15.7 Å². The maximum absolute atomic E-state index is 11.2. The Hall–Kier alpha value is -0.860. The van der Waals surface area contributed by atoms with Crippen LogP contribution in [0.1, 0.15) is 12.8 Å². The largest absolute Gasteiger partial charge is 0.409 e. The molecule has 0 amide bonds. The number of hydrogen-bond donors (Lipinski definition) is 3. The Labute approximate surface area is 89.3 Å². The molecule has 0 radical (unpaired) electrons. The molecule has 0 unspecified atom stereocenters. The Morgan fingerprint density at radius 1 is 1.60 bits per heavy atom. The van der Waals surface area contributed by atoms with Crippen LogP contribution in [0.4, 0.5) is 0 Å². The molecule has 4 N–H and O–H groups in total. The molecule has 7 nitrogen and oxygen atoms in total. The maximum Gasteiger partial charge on any atom is 0.213 e. The second kappa shape index (κ2) is 7.43. The van der Waals surface area contributed by atoms with Crippen molar-refractivity contribution < 1.29 is 18.4 Å². The molecule has 0 aromatic carbocycles. The Bertz CT molecular complexity index is 289. The number of sulfonamides is 1. The van der Waals surface area contributed by atoms with Gasteiger partial charge in [0.25, 0.3) is 0 Å². The van der Waals surface area contributed by atoms with Crippen molar-refractivity contribution in [3.05, 3.63) is 0 Å². The zero-order valence-electron chi connectivity index (χ0n) is 8.64. The van der Waals surface area contributed by atoms with Gasteiger partial charge in [-0.3, -0.25) is 0 Å². The van der Waals surface area contributed by atoms with E-state index in [4.69, 9.17) is 10.9 Å². The van der Waals surface area contributed by atoms with Gasteiger partial charge in [0.2, 0.25) is 10.0 Å². The van der Waals surface area contributed by atoms with Crippen LogP contribution in [-0.4, -0.2) is 45.5 Å². The number of nitrogens with zero attached hydrogens (tertiary/aromatic N) is 1. The summed E-state index contributed by atoms with van der Waals surface area (Å²) < 4.78 is 29.4. The molecular formula is C7H17N3O4S. The molecule has 8 heteroatoms. The van der Waals surface area contributed by atoms with E-state index in [1.165, 1.54) is 7.11 Å². The first-order valence-corrected chi connectivity index (χ1v) is 6.09. The third kappa shape index (κ3) is 8.16.